The molecule has 2 aromatic rings. The highest BCUT2D eigenvalue weighted by atomic mass is 35.5. The Kier molecular flexibility index (Phi) is 8.13. The first kappa shape index (κ1) is 19.8. The first-order valence-corrected chi connectivity index (χ1v) is 7.88. The minimum Gasteiger partial charge on any atom is -0.484 e. The maximum atomic E-state index is 11.8. The molecule has 2 rings (SSSR count). The smallest absolute Gasteiger partial charge is 0.257 e. The van der Waals surface area contributed by atoms with Crippen LogP contribution in [0.25, 0.3) is 0 Å². The van der Waals surface area contributed by atoms with Crippen molar-refractivity contribution < 1.29 is 9.53 Å². The molecule has 24 heavy (non-hydrogen) atoms. The summed E-state index contributed by atoms with van der Waals surface area (Å²) >= 11 is 0. The molecule has 0 unspecified atom stereocenters. The minimum absolute atomic E-state index is 0. The molecule has 0 saturated carbocycles. The Bertz CT molecular complexity index is 625. The lowest BCUT2D eigenvalue weighted by Crippen LogP contribution is -2.30. The van der Waals surface area contributed by atoms with Gasteiger partial charge in [-0.25, -0.2) is 0 Å². The van der Waals surface area contributed by atoms with E-state index < -0.39 is 0 Å². The highest BCUT2D eigenvalue weighted by Gasteiger charge is 2.04. The Morgan fingerprint density at radius 1 is 1.08 bits per heavy atom. The number of carbonyl (C=O) groups excluding carboxylic acids is 1. The lowest BCUT2D eigenvalue weighted by molar-refractivity contribution is -0.123. The number of nitrogens with one attached hydrogen (secondary N) is 1. The standard InChI is InChI=1S/C19H24N2O2.ClH/c1-14(2)16-5-9-18(10-6-16)23-13-19(22)21-12-11-15-3-7-17(20)8-4-15;/h3-10,14H,11-13,20H2,1-2H3,(H,21,22);1H. The van der Waals surface area contributed by atoms with E-state index >= 15 is 0 Å². The summed E-state index contributed by atoms with van der Waals surface area (Å²) in [4.78, 5) is 11.8. The summed E-state index contributed by atoms with van der Waals surface area (Å²) < 4.78 is 5.49. The van der Waals surface area contributed by atoms with E-state index in [2.05, 4.69) is 19.2 Å². The Labute approximate surface area is 149 Å². The normalized spacial score (nSPS) is 10.1. The number of benzene rings is 2. The van der Waals surface area contributed by atoms with Crippen molar-refractivity contribution in [3.05, 3.63) is 59.7 Å². The summed E-state index contributed by atoms with van der Waals surface area (Å²) in [6, 6.07) is 15.5. The summed E-state index contributed by atoms with van der Waals surface area (Å²) in [5.74, 6) is 1.08. The van der Waals surface area contributed by atoms with E-state index in [-0.39, 0.29) is 24.9 Å². The van der Waals surface area contributed by atoms with E-state index in [1.54, 1.807) is 0 Å². The van der Waals surface area contributed by atoms with Gasteiger partial charge in [0.2, 0.25) is 0 Å². The third kappa shape index (κ3) is 6.50. The average Bonchev–Trinajstić information content (AvgIpc) is 2.55. The van der Waals surface area contributed by atoms with Crippen LogP contribution in [0.1, 0.15) is 30.9 Å². The van der Waals surface area contributed by atoms with Crippen molar-refractivity contribution in [2.75, 3.05) is 18.9 Å². The number of nitrogens with two attached hydrogens (primary N) is 1. The van der Waals surface area contributed by atoms with Crippen LogP contribution in [-0.2, 0) is 11.2 Å². The molecular formula is C19H25ClN2O2. The topological polar surface area (TPSA) is 64.3 Å². The van der Waals surface area contributed by atoms with Crippen molar-refractivity contribution in [1.29, 1.82) is 0 Å². The van der Waals surface area contributed by atoms with Gasteiger partial charge < -0.3 is 15.8 Å². The first-order valence-electron chi connectivity index (χ1n) is 7.88. The predicted molar refractivity (Wildman–Crippen MR) is 101 cm³/mol. The van der Waals surface area contributed by atoms with Gasteiger partial charge in [0.15, 0.2) is 6.61 Å². The maximum Gasteiger partial charge on any atom is 0.257 e. The number of halogens is 1. The van der Waals surface area contributed by atoms with Crippen LogP contribution in [0, 0.1) is 0 Å². The average molecular weight is 349 g/mol. The van der Waals surface area contributed by atoms with Crippen molar-refractivity contribution in [2.24, 2.45) is 0 Å². The van der Waals surface area contributed by atoms with Crippen LogP contribution in [0.3, 0.4) is 0 Å². The Morgan fingerprint density at radius 3 is 2.29 bits per heavy atom. The summed E-state index contributed by atoms with van der Waals surface area (Å²) in [6.45, 7) is 4.90. The number of anilines is 1. The fourth-order valence-electron chi connectivity index (χ4n) is 2.18. The molecule has 0 heterocycles. The molecule has 3 N–H and O–H groups in total. The Hall–Kier alpha value is -2.20. The zero-order valence-electron chi connectivity index (χ0n) is 14.1. The molecular weight excluding hydrogens is 324 g/mol. The van der Waals surface area contributed by atoms with Gasteiger partial charge in [-0.05, 0) is 47.7 Å². The number of hydrogen-bond donors (Lipinski definition) is 2. The molecule has 2 aromatic carbocycles. The molecule has 0 spiro atoms. The van der Waals surface area contributed by atoms with Crippen LogP contribution in [0.4, 0.5) is 5.69 Å². The van der Waals surface area contributed by atoms with Crippen molar-refractivity contribution in [1.82, 2.24) is 5.32 Å². The third-order valence-electron chi connectivity index (χ3n) is 3.63. The third-order valence-corrected chi connectivity index (χ3v) is 3.63. The van der Waals surface area contributed by atoms with Gasteiger partial charge in [-0.15, -0.1) is 12.4 Å². The molecule has 0 fully saturated rings. The monoisotopic (exact) mass is 348 g/mol. The molecule has 5 heteroatoms. The zero-order valence-corrected chi connectivity index (χ0v) is 14.9. The van der Waals surface area contributed by atoms with Gasteiger partial charge in [0, 0.05) is 12.2 Å². The van der Waals surface area contributed by atoms with Gasteiger partial charge in [-0.1, -0.05) is 38.1 Å². The lowest BCUT2D eigenvalue weighted by atomic mass is 10.0. The minimum atomic E-state index is -0.117. The van der Waals surface area contributed by atoms with Gasteiger partial charge >= 0.3 is 0 Å². The van der Waals surface area contributed by atoms with Crippen molar-refractivity contribution in [2.45, 2.75) is 26.2 Å². The molecule has 0 saturated heterocycles. The van der Waals surface area contributed by atoms with Crippen LogP contribution in [0.5, 0.6) is 5.75 Å². The predicted octanol–water partition coefficient (Wildman–Crippen LogP) is 3.55. The second kappa shape index (κ2) is 9.83. The molecule has 0 bridgehead atoms. The number of hydrogen-bond acceptors (Lipinski definition) is 3. The number of amides is 1. The Balaban J connectivity index is 0.00000288. The molecule has 0 radical (unpaired) electrons. The number of ether oxygens (including phenoxy) is 1. The second-order valence-corrected chi connectivity index (χ2v) is 5.85. The lowest BCUT2D eigenvalue weighted by Gasteiger charge is -2.09. The summed E-state index contributed by atoms with van der Waals surface area (Å²) in [6.07, 6.45) is 0.773. The van der Waals surface area contributed by atoms with Crippen molar-refractivity contribution in [3.63, 3.8) is 0 Å². The molecule has 0 aliphatic carbocycles. The number of nitrogen functional groups attached to an aromatic ring is 1. The first-order chi connectivity index (χ1) is 11.0. The van der Waals surface area contributed by atoms with E-state index in [1.165, 1.54) is 5.56 Å². The van der Waals surface area contributed by atoms with Crippen LogP contribution in [-0.4, -0.2) is 19.1 Å². The summed E-state index contributed by atoms with van der Waals surface area (Å²) in [7, 11) is 0. The van der Waals surface area contributed by atoms with E-state index in [0.717, 1.165) is 17.7 Å². The molecule has 0 atom stereocenters. The molecule has 0 aromatic heterocycles. The molecule has 130 valence electrons. The molecule has 4 nitrogen and oxygen atoms in total. The Morgan fingerprint density at radius 2 is 1.71 bits per heavy atom. The number of rotatable bonds is 7. The molecule has 1 amide bonds. The molecule has 0 aliphatic heterocycles. The van der Waals surface area contributed by atoms with Gasteiger partial charge in [-0.2, -0.15) is 0 Å². The fraction of sp³-hybridized carbons (Fsp3) is 0.316. The number of carbonyl (C=O) groups is 1. The van der Waals surface area contributed by atoms with Gasteiger partial charge in [0.05, 0.1) is 0 Å². The van der Waals surface area contributed by atoms with E-state index in [9.17, 15) is 4.79 Å². The van der Waals surface area contributed by atoms with E-state index in [0.29, 0.717) is 18.2 Å². The SMILES string of the molecule is CC(C)c1ccc(OCC(=O)NCCc2ccc(N)cc2)cc1.Cl. The van der Waals surface area contributed by atoms with Gasteiger partial charge in [0.25, 0.3) is 5.91 Å². The van der Waals surface area contributed by atoms with Crippen molar-refractivity contribution >= 4 is 24.0 Å². The van der Waals surface area contributed by atoms with Crippen LogP contribution in [0.2, 0.25) is 0 Å². The van der Waals surface area contributed by atoms with Crippen molar-refractivity contribution in [3.8, 4) is 5.75 Å². The summed E-state index contributed by atoms with van der Waals surface area (Å²) in [5, 5.41) is 2.85. The van der Waals surface area contributed by atoms with Crippen LogP contribution >= 0.6 is 12.4 Å². The quantitative estimate of drug-likeness (QED) is 0.752. The highest BCUT2D eigenvalue weighted by Crippen LogP contribution is 2.18. The summed E-state index contributed by atoms with van der Waals surface area (Å²) in [5.41, 5.74) is 8.78. The van der Waals surface area contributed by atoms with Gasteiger partial charge in [0.1, 0.15) is 5.75 Å². The van der Waals surface area contributed by atoms with Gasteiger partial charge in [-0.3, -0.25) is 4.79 Å². The van der Waals surface area contributed by atoms with Crippen LogP contribution < -0.4 is 15.8 Å². The molecule has 0 aliphatic rings. The largest absolute Gasteiger partial charge is 0.484 e. The van der Waals surface area contributed by atoms with Crippen LogP contribution in [0.15, 0.2) is 48.5 Å². The zero-order chi connectivity index (χ0) is 16.7. The highest BCUT2D eigenvalue weighted by molar-refractivity contribution is 5.85. The van der Waals surface area contributed by atoms with E-state index in [4.69, 9.17) is 10.5 Å². The van der Waals surface area contributed by atoms with E-state index in [1.807, 2.05) is 48.5 Å². The second-order valence-electron chi connectivity index (χ2n) is 5.85. The fourth-order valence-corrected chi connectivity index (χ4v) is 2.18. The maximum absolute atomic E-state index is 11.8.